The Morgan fingerprint density at radius 1 is 1.61 bits per heavy atom. The number of ether oxygens (including phenoxy) is 1. The van der Waals surface area contributed by atoms with Gasteiger partial charge in [-0.15, -0.1) is 0 Å². The number of morpholine rings is 1. The van der Waals surface area contributed by atoms with Crippen LogP contribution in [0.15, 0.2) is 12.4 Å². The van der Waals surface area contributed by atoms with Crippen LogP contribution in [0.3, 0.4) is 0 Å². The zero-order valence-electron chi connectivity index (χ0n) is 10.4. The van der Waals surface area contributed by atoms with E-state index < -0.39 is 5.97 Å². The summed E-state index contributed by atoms with van der Waals surface area (Å²) in [6.07, 6.45) is 2.43. The van der Waals surface area contributed by atoms with Crippen LogP contribution in [0.25, 0.3) is 0 Å². The molecule has 1 aromatic rings. The van der Waals surface area contributed by atoms with Crippen LogP contribution in [0.1, 0.15) is 19.0 Å². The zero-order chi connectivity index (χ0) is 13.0. The lowest BCUT2D eigenvalue weighted by Gasteiger charge is -2.35. The van der Waals surface area contributed by atoms with Crippen LogP contribution in [-0.2, 0) is 16.0 Å². The lowest BCUT2D eigenvalue weighted by atomic mass is 10.1. The first-order valence-corrected chi connectivity index (χ1v) is 6.07. The number of hydrogen-bond acceptors (Lipinski definition) is 5. The monoisotopic (exact) mass is 251 g/mol. The molecule has 1 saturated heterocycles. The van der Waals surface area contributed by atoms with Gasteiger partial charge in [-0.3, -0.25) is 4.79 Å². The second-order valence-electron chi connectivity index (χ2n) is 4.24. The van der Waals surface area contributed by atoms with Crippen LogP contribution < -0.4 is 4.90 Å². The minimum atomic E-state index is -0.819. The van der Waals surface area contributed by atoms with Crippen molar-refractivity contribution in [1.29, 1.82) is 0 Å². The van der Waals surface area contributed by atoms with Crippen molar-refractivity contribution < 1.29 is 14.6 Å². The van der Waals surface area contributed by atoms with Crippen molar-refractivity contribution in [2.24, 2.45) is 0 Å². The molecule has 0 aromatic carbocycles. The molecular formula is C12H17N3O3. The predicted molar refractivity (Wildman–Crippen MR) is 65.6 cm³/mol. The number of aryl methyl sites for hydroxylation is 1. The standard InChI is InChI=1S/C12H17N3O3/c1-2-9-5-11(14-8-13-9)15-3-4-18-7-10(15)6-12(16)17/h5,8,10H,2-4,6-7H2,1H3,(H,16,17). The fraction of sp³-hybridized carbons (Fsp3) is 0.583. The summed E-state index contributed by atoms with van der Waals surface area (Å²) in [6.45, 7) is 3.72. The normalized spacial score (nSPS) is 19.8. The van der Waals surface area contributed by atoms with E-state index in [4.69, 9.17) is 9.84 Å². The molecule has 0 amide bonds. The molecule has 1 fully saturated rings. The summed E-state index contributed by atoms with van der Waals surface area (Å²) < 4.78 is 5.34. The van der Waals surface area contributed by atoms with Gasteiger partial charge in [0, 0.05) is 18.3 Å². The number of hydrogen-bond donors (Lipinski definition) is 1. The molecule has 1 aliphatic heterocycles. The maximum Gasteiger partial charge on any atom is 0.305 e. The topological polar surface area (TPSA) is 75.5 Å². The molecule has 0 spiro atoms. The van der Waals surface area contributed by atoms with E-state index in [0.29, 0.717) is 19.8 Å². The fourth-order valence-corrected chi connectivity index (χ4v) is 2.06. The molecule has 98 valence electrons. The maximum atomic E-state index is 10.9. The van der Waals surface area contributed by atoms with E-state index in [1.807, 2.05) is 17.9 Å². The second-order valence-corrected chi connectivity index (χ2v) is 4.24. The number of carboxylic acid groups (broad SMARTS) is 1. The lowest BCUT2D eigenvalue weighted by molar-refractivity contribution is -0.138. The summed E-state index contributed by atoms with van der Waals surface area (Å²) in [5, 5.41) is 8.92. The van der Waals surface area contributed by atoms with E-state index in [9.17, 15) is 4.79 Å². The fourth-order valence-electron chi connectivity index (χ4n) is 2.06. The summed E-state index contributed by atoms with van der Waals surface area (Å²) in [4.78, 5) is 21.2. The minimum absolute atomic E-state index is 0.0610. The molecule has 1 aromatic heterocycles. The molecule has 0 aliphatic carbocycles. The molecule has 1 unspecified atom stereocenters. The van der Waals surface area contributed by atoms with Gasteiger partial charge in [0.05, 0.1) is 25.7 Å². The number of nitrogens with zero attached hydrogens (tertiary/aromatic N) is 3. The number of rotatable bonds is 4. The smallest absolute Gasteiger partial charge is 0.305 e. The molecule has 6 heteroatoms. The molecule has 1 N–H and O–H groups in total. The molecule has 2 rings (SSSR count). The Balaban J connectivity index is 2.19. The summed E-state index contributed by atoms with van der Waals surface area (Å²) in [5.41, 5.74) is 0.959. The number of aromatic nitrogens is 2. The van der Waals surface area contributed by atoms with Crippen molar-refractivity contribution in [3.05, 3.63) is 18.1 Å². The maximum absolute atomic E-state index is 10.9. The van der Waals surface area contributed by atoms with Crippen molar-refractivity contribution in [1.82, 2.24) is 9.97 Å². The average Bonchev–Trinajstić information content (AvgIpc) is 2.39. The Bertz CT molecular complexity index is 425. The summed E-state index contributed by atoms with van der Waals surface area (Å²) in [6, 6.07) is 1.76. The summed E-state index contributed by atoms with van der Waals surface area (Å²) in [5.74, 6) is -0.0309. The summed E-state index contributed by atoms with van der Waals surface area (Å²) >= 11 is 0. The van der Waals surface area contributed by atoms with Gasteiger partial charge in [-0.05, 0) is 6.42 Å². The van der Waals surface area contributed by atoms with Gasteiger partial charge >= 0.3 is 5.97 Å². The van der Waals surface area contributed by atoms with Crippen molar-refractivity contribution in [3.8, 4) is 0 Å². The van der Waals surface area contributed by atoms with Gasteiger partial charge in [0.25, 0.3) is 0 Å². The molecule has 6 nitrogen and oxygen atoms in total. The average molecular weight is 251 g/mol. The van der Waals surface area contributed by atoms with Gasteiger partial charge in [0.2, 0.25) is 0 Å². The Morgan fingerprint density at radius 3 is 3.17 bits per heavy atom. The number of carboxylic acids is 1. The molecule has 1 atom stereocenters. The Kier molecular flexibility index (Phi) is 4.09. The van der Waals surface area contributed by atoms with Gasteiger partial charge in [-0.25, -0.2) is 9.97 Å². The van der Waals surface area contributed by atoms with Gasteiger partial charge in [-0.1, -0.05) is 6.92 Å². The van der Waals surface area contributed by atoms with Crippen molar-refractivity contribution in [2.45, 2.75) is 25.8 Å². The minimum Gasteiger partial charge on any atom is -0.481 e. The zero-order valence-corrected chi connectivity index (χ0v) is 10.4. The Hall–Kier alpha value is -1.69. The van der Waals surface area contributed by atoms with Gasteiger partial charge < -0.3 is 14.7 Å². The molecule has 0 bridgehead atoms. The highest BCUT2D eigenvalue weighted by Crippen LogP contribution is 2.19. The second kappa shape index (κ2) is 5.77. The van der Waals surface area contributed by atoms with Crippen LogP contribution in [0.2, 0.25) is 0 Å². The third-order valence-electron chi connectivity index (χ3n) is 3.00. The van der Waals surface area contributed by atoms with E-state index in [0.717, 1.165) is 17.9 Å². The molecule has 2 heterocycles. The third-order valence-corrected chi connectivity index (χ3v) is 3.00. The van der Waals surface area contributed by atoms with Crippen LogP contribution in [-0.4, -0.2) is 46.8 Å². The Labute approximate surface area is 106 Å². The van der Waals surface area contributed by atoms with Crippen molar-refractivity contribution >= 4 is 11.8 Å². The van der Waals surface area contributed by atoms with Crippen molar-refractivity contribution in [2.75, 3.05) is 24.7 Å². The SMILES string of the molecule is CCc1cc(N2CCOCC2CC(=O)O)ncn1. The van der Waals surface area contributed by atoms with Crippen LogP contribution >= 0.6 is 0 Å². The highest BCUT2D eigenvalue weighted by Gasteiger charge is 2.26. The largest absolute Gasteiger partial charge is 0.481 e. The Morgan fingerprint density at radius 2 is 2.44 bits per heavy atom. The lowest BCUT2D eigenvalue weighted by Crippen LogP contribution is -2.47. The van der Waals surface area contributed by atoms with Gasteiger partial charge in [-0.2, -0.15) is 0 Å². The highest BCUT2D eigenvalue weighted by molar-refractivity contribution is 5.68. The number of aliphatic carboxylic acids is 1. The van der Waals surface area contributed by atoms with Crippen LogP contribution in [0, 0.1) is 0 Å². The first kappa shape index (κ1) is 12.8. The van der Waals surface area contributed by atoms with E-state index in [1.54, 1.807) is 0 Å². The van der Waals surface area contributed by atoms with Crippen LogP contribution in [0.5, 0.6) is 0 Å². The molecule has 0 saturated carbocycles. The third kappa shape index (κ3) is 2.95. The molecule has 1 aliphatic rings. The summed E-state index contributed by atoms with van der Waals surface area (Å²) in [7, 11) is 0. The number of anilines is 1. The predicted octanol–water partition coefficient (Wildman–Crippen LogP) is 0.719. The first-order chi connectivity index (χ1) is 8.70. The first-order valence-electron chi connectivity index (χ1n) is 6.07. The van der Waals surface area contributed by atoms with Gasteiger partial charge in [0.1, 0.15) is 12.1 Å². The molecule has 18 heavy (non-hydrogen) atoms. The van der Waals surface area contributed by atoms with E-state index in [-0.39, 0.29) is 12.5 Å². The quantitative estimate of drug-likeness (QED) is 0.849. The van der Waals surface area contributed by atoms with Crippen molar-refractivity contribution in [3.63, 3.8) is 0 Å². The van der Waals surface area contributed by atoms with Crippen LogP contribution in [0.4, 0.5) is 5.82 Å². The molecular weight excluding hydrogens is 234 g/mol. The highest BCUT2D eigenvalue weighted by atomic mass is 16.5. The van der Waals surface area contributed by atoms with E-state index in [1.165, 1.54) is 6.33 Å². The van der Waals surface area contributed by atoms with Gasteiger partial charge in [0.15, 0.2) is 0 Å². The molecule has 0 radical (unpaired) electrons. The van der Waals surface area contributed by atoms with E-state index in [2.05, 4.69) is 9.97 Å². The van der Waals surface area contributed by atoms with E-state index >= 15 is 0 Å². The number of carbonyl (C=O) groups is 1.